The van der Waals surface area contributed by atoms with Crippen LogP contribution in [0.25, 0.3) is 11.0 Å². The Bertz CT molecular complexity index is 1320. The zero-order chi connectivity index (χ0) is 23.4. The van der Waals surface area contributed by atoms with Gasteiger partial charge in [0.2, 0.25) is 0 Å². The highest BCUT2D eigenvalue weighted by Gasteiger charge is 2.55. The first-order chi connectivity index (χ1) is 15.6. The minimum Gasteiger partial charge on any atom is -0.343 e. The standard InChI is InChI=1S/C21H22ClN5O5S/c1-12-4-6-13(7-5-12)33(28,29)26-25-10-15-16-17(32-21(2,3)31-16)20(30-15)27-9-8-14-18(22)23-11-24-19(14)27/h4-11,15-17,20,26H,1-3H3/b25-10+/t15-,16-,17-,20?/m1/s1. The number of aromatic nitrogens is 3. The molecule has 5 rings (SSSR count). The zero-order valence-electron chi connectivity index (χ0n) is 18.0. The number of fused-ring (bicyclic) bond motifs is 2. The first-order valence-electron chi connectivity index (χ1n) is 10.2. The molecule has 12 heteroatoms. The van der Waals surface area contributed by atoms with Gasteiger partial charge < -0.3 is 18.8 Å². The van der Waals surface area contributed by atoms with Gasteiger partial charge in [-0.15, -0.1) is 0 Å². The summed E-state index contributed by atoms with van der Waals surface area (Å²) >= 11 is 6.19. The Balaban J connectivity index is 1.40. The van der Waals surface area contributed by atoms with Gasteiger partial charge in [0.25, 0.3) is 10.0 Å². The van der Waals surface area contributed by atoms with E-state index in [1.807, 2.05) is 20.8 Å². The lowest BCUT2D eigenvalue weighted by molar-refractivity contribution is -0.188. The summed E-state index contributed by atoms with van der Waals surface area (Å²) < 4.78 is 45.2. The lowest BCUT2D eigenvalue weighted by Gasteiger charge is -2.24. The molecular formula is C21H22ClN5O5S. The minimum absolute atomic E-state index is 0.116. The van der Waals surface area contributed by atoms with Gasteiger partial charge in [-0.25, -0.2) is 14.8 Å². The summed E-state index contributed by atoms with van der Waals surface area (Å²) in [6, 6.07) is 8.28. The average molecular weight is 492 g/mol. The van der Waals surface area contributed by atoms with Crippen LogP contribution in [0.3, 0.4) is 0 Å². The van der Waals surface area contributed by atoms with E-state index in [2.05, 4.69) is 19.9 Å². The predicted molar refractivity (Wildman–Crippen MR) is 120 cm³/mol. The molecule has 0 aliphatic carbocycles. The Kier molecular flexibility index (Phi) is 5.41. The lowest BCUT2D eigenvalue weighted by atomic mass is 10.1. The van der Waals surface area contributed by atoms with Crippen LogP contribution in [0, 0.1) is 6.92 Å². The molecule has 3 aromatic rings. The average Bonchev–Trinajstić information content (AvgIpc) is 3.40. The van der Waals surface area contributed by atoms with Crippen LogP contribution in [0.5, 0.6) is 0 Å². The number of hydrazone groups is 1. The molecule has 2 aliphatic rings. The van der Waals surface area contributed by atoms with Gasteiger partial charge in [0.1, 0.15) is 35.4 Å². The van der Waals surface area contributed by atoms with Crippen molar-refractivity contribution in [3.63, 3.8) is 0 Å². The van der Waals surface area contributed by atoms with Gasteiger partial charge in [-0.05, 0) is 39.0 Å². The number of nitrogens with zero attached hydrogens (tertiary/aromatic N) is 4. The van der Waals surface area contributed by atoms with Gasteiger partial charge in [0, 0.05) is 6.20 Å². The molecule has 0 spiro atoms. The quantitative estimate of drug-likeness (QED) is 0.331. The zero-order valence-corrected chi connectivity index (χ0v) is 19.6. The molecule has 4 atom stereocenters. The Morgan fingerprint density at radius 2 is 1.88 bits per heavy atom. The third-order valence-electron chi connectivity index (χ3n) is 5.53. The summed E-state index contributed by atoms with van der Waals surface area (Å²) in [5.74, 6) is -0.847. The van der Waals surface area contributed by atoms with Gasteiger partial charge in [-0.3, -0.25) is 0 Å². The highest BCUT2D eigenvalue weighted by Crippen LogP contribution is 2.43. The summed E-state index contributed by atoms with van der Waals surface area (Å²) in [5.41, 5.74) is 1.55. The van der Waals surface area contributed by atoms with Gasteiger partial charge in [-0.2, -0.15) is 13.5 Å². The van der Waals surface area contributed by atoms with Crippen molar-refractivity contribution in [3.05, 3.63) is 53.6 Å². The predicted octanol–water partition coefficient (Wildman–Crippen LogP) is 2.77. The molecule has 174 valence electrons. The normalized spacial score (nSPS) is 26.8. The fourth-order valence-corrected chi connectivity index (χ4v) is 5.03. The van der Waals surface area contributed by atoms with Crippen molar-refractivity contribution in [2.24, 2.45) is 5.10 Å². The number of ether oxygens (including phenoxy) is 3. The van der Waals surface area contributed by atoms with Crippen LogP contribution >= 0.6 is 11.6 Å². The SMILES string of the molecule is Cc1ccc(S(=O)(=O)N/N=C/[C@H]2OC(n3ccc4c(Cl)ncnc43)[C@@H]3OC(C)(C)O[C@H]23)cc1. The number of halogens is 1. The smallest absolute Gasteiger partial charge is 0.276 e. The second-order valence-electron chi connectivity index (χ2n) is 8.37. The maximum Gasteiger partial charge on any atom is 0.276 e. The van der Waals surface area contributed by atoms with Crippen LogP contribution in [0.15, 0.2) is 52.9 Å². The molecule has 33 heavy (non-hydrogen) atoms. The minimum atomic E-state index is -3.82. The third-order valence-corrected chi connectivity index (χ3v) is 7.07. The van der Waals surface area contributed by atoms with Gasteiger partial charge in [-0.1, -0.05) is 29.3 Å². The van der Waals surface area contributed by atoms with Crippen molar-refractivity contribution in [3.8, 4) is 0 Å². The van der Waals surface area contributed by atoms with Gasteiger partial charge >= 0.3 is 0 Å². The number of sulfonamides is 1. The van der Waals surface area contributed by atoms with E-state index < -0.39 is 40.4 Å². The highest BCUT2D eigenvalue weighted by atomic mass is 35.5. The molecule has 1 N–H and O–H groups in total. The molecule has 2 fully saturated rings. The van der Waals surface area contributed by atoms with E-state index in [4.69, 9.17) is 25.8 Å². The van der Waals surface area contributed by atoms with Crippen LogP contribution in [-0.4, -0.2) is 53.3 Å². The van der Waals surface area contributed by atoms with Crippen LogP contribution in [-0.2, 0) is 24.2 Å². The molecule has 0 bridgehead atoms. The number of hydrogen-bond acceptors (Lipinski definition) is 8. The van der Waals surface area contributed by atoms with Crippen molar-refractivity contribution in [2.45, 2.75) is 56.0 Å². The Morgan fingerprint density at radius 3 is 2.64 bits per heavy atom. The van der Waals surface area contributed by atoms with E-state index >= 15 is 0 Å². The van der Waals surface area contributed by atoms with Crippen molar-refractivity contribution < 1.29 is 22.6 Å². The molecular weight excluding hydrogens is 470 g/mol. The molecule has 4 heterocycles. The summed E-state index contributed by atoms with van der Waals surface area (Å²) in [4.78, 5) is 10.7. The lowest BCUT2D eigenvalue weighted by Crippen LogP contribution is -2.31. The van der Waals surface area contributed by atoms with E-state index in [9.17, 15) is 8.42 Å². The number of benzene rings is 1. The molecule has 2 saturated heterocycles. The molecule has 10 nitrogen and oxygen atoms in total. The Labute approximate surface area is 195 Å². The van der Waals surface area contributed by atoms with Crippen molar-refractivity contribution in [1.29, 1.82) is 0 Å². The summed E-state index contributed by atoms with van der Waals surface area (Å²) in [7, 11) is -3.82. The molecule has 0 saturated carbocycles. The topological polar surface area (TPSA) is 117 Å². The summed E-state index contributed by atoms with van der Waals surface area (Å²) in [5, 5.41) is 4.96. The van der Waals surface area contributed by atoms with Crippen LogP contribution in [0.1, 0.15) is 25.6 Å². The van der Waals surface area contributed by atoms with Crippen molar-refractivity contribution in [2.75, 3.05) is 0 Å². The first-order valence-corrected chi connectivity index (χ1v) is 12.1. The monoisotopic (exact) mass is 491 g/mol. The molecule has 1 aromatic carbocycles. The third kappa shape index (κ3) is 4.11. The summed E-state index contributed by atoms with van der Waals surface area (Å²) in [6.45, 7) is 5.50. The fourth-order valence-electron chi connectivity index (χ4n) is 4.04. The first kappa shape index (κ1) is 22.2. The van der Waals surface area contributed by atoms with Crippen molar-refractivity contribution >= 4 is 38.9 Å². The molecule has 1 unspecified atom stereocenters. The van der Waals surface area contributed by atoms with E-state index in [1.54, 1.807) is 29.0 Å². The Hall–Kier alpha value is -2.57. The van der Waals surface area contributed by atoms with Crippen LogP contribution in [0.2, 0.25) is 5.15 Å². The molecule has 2 aliphatic heterocycles. The number of aryl methyl sites for hydroxylation is 1. The van der Waals surface area contributed by atoms with Crippen LogP contribution < -0.4 is 4.83 Å². The van der Waals surface area contributed by atoms with Crippen LogP contribution in [0.4, 0.5) is 0 Å². The van der Waals surface area contributed by atoms with E-state index in [-0.39, 0.29) is 4.90 Å². The van der Waals surface area contributed by atoms with Crippen molar-refractivity contribution in [1.82, 2.24) is 19.4 Å². The Morgan fingerprint density at radius 1 is 1.15 bits per heavy atom. The summed E-state index contributed by atoms with van der Waals surface area (Å²) in [6.07, 6.45) is 2.30. The fraction of sp³-hybridized carbons (Fsp3) is 0.381. The number of nitrogens with one attached hydrogen (secondary N) is 1. The van der Waals surface area contributed by atoms with E-state index in [1.165, 1.54) is 24.7 Å². The number of rotatable bonds is 5. The highest BCUT2D eigenvalue weighted by molar-refractivity contribution is 7.89. The molecule has 2 aromatic heterocycles. The maximum absolute atomic E-state index is 12.5. The largest absolute Gasteiger partial charge is 0.343 e. The maximum atomic E-state index is 12.5. The van der Waals surface area contributed by atoms with E-state index in [0.717, 1.165) is 5.56 Å². The molecule has 0 radical (unpaired) electrons. The number of hydrogen-bond donors (Lipinski definition) is 1. The second kappa shape index (κ2) is 8.03. The van der Waals surface area contributed by atoms with Gasteiger partial charge in [0.05, 0.1) is 16.5 Å². The van der Waals surface area contributed by atoms with Gasteiger partial charge in [0.15, 0.2) is 12.0 Å². The second-order valence-corrected chi connectivity index (χ2v) is 10.4. The van der Waals surface area contributed by atoms with E-state index in [0.29, 0.717) is 16.2 Å². The molecule has 0 amide bonds.